The summed E-state index contributed by atoms with van der Waals surface area (Å²) >= 11 is 0. The Morgan fingerprint density at radius 3 is 2.71 bits per heavy atom. The van der Waals surface area contributed by atoms with E-state index in [1.165, 1.54) is 0 Å². The molecule has 0 aromatic rings. The molecule has 0 aromatic carbocycles. The van der Waals surface area contributed by atoms with Crippen LogP contribution < -0.4 is 5.73 Å². The molecule has 1 fully saturated rings. The van der Waals surface area contributed by atoms with Crippen molar-refractivity contribution in [3.63, 3.8) is 0 Å². The van der Waals surface area contributed by atoms with Gasteiger partial charge >= 0.3 is 0 Å². The molecule has 0 saturated carbocycles. The van der Waals surface area contributed by atoms with Crippen LogP contribution in [0.25, 0.3) is 0 Å². The number of rotatable bonds is 7. The highest BCUT2D eigenvalue weighted by Gasteiger charge is 2.33. The third-order valence-corrected chi connectivity index (χ3v) is 5.92. The Morgan fingerprint density at radius 1 is 1.29 bits per heavy atom. The van der Waals surface area contributed by atoms with E-state index in [4.69, 9.17) is 5.73 Å². The summed E-state index contributed by atoms with van der Waals surface area (Å²) in [6, 6.07) is -0.163. The lowest BCUT2D eigenvalue weighted by molar-refractivity contribution is 0.466. The van der Waals surface area contributed by atoms with E-state index >= 15 is 0 Å². The average molecular weight is 259 g/mol. The minimum atomic E-state index is -2.91. The molecular formula is C13H25NO2S. The molecule has 2 unspecified atom stereocenters. The van der Waals surface area contributed by atoms with E-state index in [-0.39, 0.29) is 11.3 Å². The summed E-state index contributed by atoms with van der Waals surface area (Å²) in [5, 5.41) is -0.282. The quantitative estimate of drug-likeness (QED) is 0.564. The lowest BCUT2D eigenvalue weighted by atomic mass is 10.0. The fraction of sp³-hybridized carbons (Fsp3) is 0.846. The summed E-state index contributed by atoms with van der Waals surface area (Å²) in [5.41, 5.74) is 6.04. The Labute approximate surface area is 105 Å². The number of nitrogens with two attached hydrogens (primary N) is 1. The van der Waals surface area contributed by atoms with E-state index in [0.29, 0.717) is 5.75 Å². The van der Waals surface area contributed by atoms with Crippen LogP contribution >= 0.6 is 0 Å². The molecule has 1 aliphatic rings. The van der Waals surface area contributed by atoms with Gasteiger partial charge in [0.15, 0.2) is 9.84 Å². The van der Waals surface area contributed by atoms with Crippen LogP contribution in [0, 0.1) is 0 Å². The Balaban J connectivity index is 2.31. The normalized spacial score (nSPS) is 25.4. The van der Waals surface area contributed by atoms with Gasteiger partial charge in [0.05, 0.1) is 11.0 Å². The van der Waals surface area contributed by atoms with Crippen molar-refractivity contribution in [1.82, 2.24) is 0 Å². The van der Waals surface area contributed by atoms with E-state index < -0.39 is 9.84 Å². The summed E-state index contributed by atoms with van der Waals surface area (Å²) < 4.78 is 23.7. The maximum Gasteiger partial charge on any atom is 0.154 e. The lowest BCUT2D eigenvalue weighted by Crippen LogP contribution is -2.43. The number of sulfone groups is 1. The Bertz CT molecular complexity index is 324. The van der Waals surface area contributed by atoms with E-state index in [0.717, 1.165) is 51.4 Å². The molecule has 1 rings (SSSR count). The van der Waals surface area contributed by atoms with Crippen molar-refractivity contribution in [3.05, 3.63) is 12.7 Å². The summed E-state index contributed by atoms with van der Waals surface area (Å²) in [6.07, 6.45) is 9.65. The number of allylic oxidation sites excluding steroid dienone is 1. The van der Waals surface area contributed by atoms with Gasteiger partial charge in [-0.25, -0.2) is 8.42 Å². The molecule has 0 bridgehead atoms. The second-order valence-electron chi connectivity index (χ2n) is 4.99. The molecule has 1 saturated heterocycles. The molecule has 0 radical (unpaired) electrons. The predicted molar refractivity (Wildman–Crippen MR) is 72.7 cm³/mol. The highest BCUT2D eigenvalue weighted by Crippen LogP contribution is 2.23. The number of unbranched alkanes of at least 4 members (excludes halogenated alkanes) is 3. The Kier molecular flexibility index (Phi) is 6.20. The smallest absolute Gasteiger partial charge is 0.154 e. The van der Waals surface area contributed by atoms with Gasteiger partial charge in [-0.1, -0.05) is 25.3 Å². The summed E-state index contributed by atoms with van der Waals surface area (Å²) in [7, 11) is -2.91. The summed E-state index contributed by atoms with van der Waals surface area (Å²) in [6.45, 7) is 3.68. The molecule has 4 heteroatoms. The lowest BCUT2D eigenvalue weighted by Gasteiger charge is -2.27. The topological polar surface area (TPSA) is 60.2 Å². The first-order chi connectivity index (χ1) is 8.08. The molecule has 100 valence electrons. The first-order valence-corrected chi connectivity index (χ1v) is 8.37. The fourth-order valence-electron chi connectivity index (χ4n) is 2.49. The maximum absolute atomic E-state index is 11.9. The van der Waals surface area contributed by atoms with Gasteiger partial charge in [0.25, 0.3) is 0 Å². The first-order valence-electron chi connectivity index (χ1n) is 6.66. The van der Waals surface area contributed by atoms with E-state index in [2.05, 4.69) is 6.58 Å². The molecule has 1 aliphatic heterocycles. The molecule has 2 N–H and O–H groups in total. The van der Waals surface area contributed by atoms with Crippen LogP contribution in [-0.2, 0) is 9.84 Å². The molecule has 0 spiro atoms. The van der Waals surface area contributed by atoms with E-state index in [9.17, 15) is 8.42 Å². The van der Waals surface area contributed by atoms with Crippen molar-refractivity contribution in [2.75, 3.05) is 5.75 Å². The van der Waals surface area contributed by atoms with Crippen molar-refractivity contribution < 1.29 is 8.42 Å². The van der Waals surface area contributed by atoms with Crippen LogP contribution in [-0.4, -0.2) is 25.5 Å². The van der Waals surface area contributed by atoms with Gasteiger partial charge in [0.2, 0.25) is 0 Å². The fourth-order valence-corrected chi connectivity index (χ4v) is 4.60. The third-order valence-electron chi connectivity index (χ3n) is 3.55. The molecular weight excluding hydrogens is 234 g/mol. The monoisotopic (exact) mass is 259 g/mol. The van der Waals surface area contributed by atoms with Crippen molar-refractivity contribution in [3.8, 4) is 0 Å². The third kappa shape index (κ3) is 4.80. The standard InChI is InChI=1S/C13H25NO2S/c1-2-3-4-5-6-9-12(14)13-10-7-8-11-17(13,15)16/h2,12-13H,1,3-11,14H2. The number of hydrogen-bond donors (Lipinski definition) is 1. The Morgan fingerprint density at radius 2 is 2.06 bits per heavy atom. The van der Waals surface area contributed by atoms with Crippen molar-refractivity contribution in [1.29, 1.82) is 0 Å². The average Bonchev–Trinajstić information content (AvgIpc) is 2.28. The zero-order valence-electron chi connectivity index (χ0n) is 10.6. The van der Waals surface area contributed by atoms with Crippen molar-refractivity contribution >= 4 is 9.84 Å². The maximum atomic E-state index is 11.9. The largest absolute Gasteiger partial charge is 0.327 e. The van der Waals surface area contributed by atoms with Crippen molar-refractivity contribution in [2.45, 2.75) is 62.7 Å². The zero-order valence-corrected chi connectivity index (χ0v) is 11.4. The SMILES string of the molecule is C=CCCCCCC(N)C1CCCCS1(=O)=O. The van der Waals surface area contributed by atoms with Crippen LogP contribution in [0.4, 0.5) is 0 Å². The van der Waals surface area contributed by atoms with Crippen molar-refractivity contribution in [2.24, 2.45) is 5.73 Å². The summed E-state index contributed by atoms with van der Waals surface area (Å²) in [4.78, 5) is 0. The van der Waals surface area contributed by atoms with Crippen LogP contribution in [0.2, 0.25) is 0 Å². The van der Waals surface area contributed by atoms with Crippen LogP contribution in [0.3, 0.4) is 0 Å². The van der Waals surface area contributed by atoms with Gasteiger partial charge in [-0.05, 0) is 32.1 Å². The number of hydrogen-bond acceptors (Lipinski definition) is 3. The van der Waals surface area contributed by atoms with Gasteiger partial charge in [-0.15, -0.1) is 6.58 Å². The second kappa shape index (κ2) is 7.17. The molecule has 0 aromatic heterocycles. The summed E-state index contributed by atoms with van der Waals surface area (Å²) in [5.74, 6) is 0.335. The second-order valence-corrected chi connectivity index (χ2v) is 7.33. The van der Waals surface area contributed by atoms with E-state index in [1.54, 1.807) is 0 Å². The predicted octanol–water partition coefficient (Wildman–Crippen LogP) is 2.42. The van der Waals surface area contributed by atoms with Gasteiger partial charge in [-0.3, -0.25) is 0 Å². The van der Waals surface area contributed by atoms with Crippen LogP contribution in [0.5, 0.6) is 0 Å². The zero-order chi connectivity index (χ0) is 12.7. The highest BCUT2D eigenvalue weighted by molar-refractivity contribution is 7.92. The molecule has 0 aliphatic carbocycles. The highest BCUT2D eigenvalue weighted by atomic mass is 32.2. The van der Waals surface area contributed by atoms with Gasteiger partial charge in [-0.2, -0.15) is 0 Å². The van der Waals surface area contributed by atoms with E-state index in [1.807, 2.05) is 6.08 Å². The van der Waals surface area contributed by atoms with Gasteiger partial charge in [0.1, 0.15) is 0 Å². The van der Waals surface area contributed by atoms with Gasteiger partial charge in [0, 0.05) is 6.04 Å². The Hall–Kier alpha value is -0.350. The van der Waals surface area contributed by atoms with Gasteiger partial charge < -0.3 is 5.73 Å². The molecule has 1 heterocycles. The van der Waals surface area contributed by atoms with Crippen LogP contribution in [0.1, 0.15) is 51.4 Å². The molecule has 3 nitrogen and oxygen atoms in total. The molecule has 0 amide bonds. The first kappa shape index (κ1) is 14.7. The minimum absolute atomic E-state index is 0.163. The molecule has 17 heavy (non-hydrogen) atoms. The minimum Gasteiger partial charge on any atom is -0.327 e. The van der Waals surface area contributed by atoms with Crippen LogP contribution in [0.15, 0.2) is 12.7 Å². The molecule has 2 atom stereocenters.